The number of hydrogen-bond acceptors (Lipinski definition) is 4. The highest BCUT2D eigenvalue weighted by atomic mass is 16.5. The minimum Gasteiger partial charge on any atom is -0.461 e. The Kier molecular flexibility index (Phi) is 4.36. The third-order valence-electron chi connectivity index (χ3n) is 3.44. The van der Waals surface area contributed by atoms with Gasteiger partial charge in [-0.1, -0.05) is 6.92 Å². The van der Waals surface area contributed by atoms with Crippen molar-refractivity contribution in [1.29, 1.82) is 0 Å². The van der Waals surface area contributed by atoms with E-state index in [4.69, 9.17) is 4.74 Å². The molecule has 1 aromatic heterocycles. The maximum Gasteiger partial charge on any atom is 0.358 e. The van der Waals surface area contributed by atoms with Gasteiger partial charge in [0.25, 0.3) is 0 Å². The number of aromatic nitrogens is 2. The van der Waals surface area contributed by atoms with Gasteiger partial charge in [0.1, 0.15) is 0 Å². The standard InChI is InChI=1S/C13H21N3O2/c1-3-16-7-5-6-11(16)8-15-9-12(14-10-15)13(17)18-4-2/h9-11H,3-8H2,1-2H3. The van der Waals surface area contributed by atoms with Crippen LogP contribution in [-0.2, 0) is 11.3 Å². The molecule has 0 radical (unpaired) electrons. The summed E-state index contributed by atoms with van der Waals surface area (Å²) in [7, 11) is 0. The lowest BCUT2D eigenvalue weighted by Gasteiger charge is -2.22. The van der Waals surface area contributed by atoms with Crippen molar-refractivity contribution < 1.29 is 9.53 Å². The number of nitrogens with zero attached hydrogens (tertiary/aromatic N) is 3. The normalized spacial score (nSPS) is 20.2. The molecule has 0 spiro atoms. The molecule has 0 bridgehead atoms. The number of esters is 1. The Hall–Kier alpha value is -1.36. The molecule has 0 N–H and O–H groups in total. The van der Waals surface area contributed by atoms with Crippen LogP contribution < -0.4 is 0 Å². The van der Waals surface area contributed by atoms with Crippen LogP contribution in [0.2, 0.25) is 0 Å². The van der Waals surface area contributed by atoms with Crippen molar-refractivity contribution in [2.24, 2.45) is 0 Å². The number of likely N-dealkylation sites (N-methyl/N-ethyl adjacent to an activating group) is 1. The number of carbonyl (C=O) groups is 1. The maximum absolute atomic E-state index is 11.5. The van der Waals surface area contributed by atoms with E-state index in [1.807, 2.05) is 4.57 Å². The molecule has 2 rings (SSSR count). The third-order valence-corrected chi connectivity index (χ3v) is 3.44. The Balaban J connectivity index is 1.96. The summed E-state index contributed by atoms with van der Waals surface area (Å²) in [5, 5.41) is 0. The Bertz CT molecular complexity index is 403. The van der Waals surface area contributed by atoms with Gasteiger partial charge in [-0.25, -0.2) is 9.78 Å². The molecule has 2 heterocycles. The predicted molar refractivity (Wildman–Crippen MR) is 68.5 cm³/mol. The zero-order valence-corrected chi connectivity index (χ0v) is 11.1. The van der Waals surface area contributed by atoms with Gasteiger partial charge in [0.05, 0.1) is 12.9 Å². The second-order valence-corrected chi connectivity index (χ2v) is 4.60. The second kappa shape index (κ2) is 6.00. The van der Waals surface area contributed by atoms with E-state index in [1.54, 1.807) is 19.4 Å². The number of carbonyl (C=O) groups excluding carboxylic acids is 1. The molecule has 1 aliphatic heterocycles. The van der Waals surface area contributed by atoms with Crippen molar-refractivity contribution >= 4 is 5.97 Å². The Morgan fingerprint density at radius 1 is 1.56 bits per heavy atom. The average Bonchev–Trinajstić information content (AvgIpc) is 2.99. The van der Waals surface area contributed by atoms with Crippen molar-refractivity contribution in [2.45, 2.75) is 39.3 Å². The van der Waals surface area contributed by atoms with E-state index in [0.717, 1.165) is 13.1 Å². The zero-order chi connectivity index (χ0) is 13.0. The topological polar surface area (TPSA) is 47.4 Å². The first-order valence-corrected chi connectivity index (χ1v) is 6.67. The molecule has 0 aromatic carbocycles. The summed E-state index contributed by atoms with van der Waals surface area (Å²) in [6.07, 6.45) is 5.99. The van der Waals surface area contributed by atoms with Crippen LogP contribution in [0.15, 0.2) is 12.5 Å². The van der Waals surface area contributed by atoms with Crippen LogP contribution in [0.1, 0.15) is 37.2 Å². The Morgan fingerprint density at radius 3 is 3.11 bits per heavy atom. The molecule has 1 aromatic rings. The quantitative estimate of drug-likeness (QED) is 0.745. The smallest absolute Gasteiger partial charge is 0.358 e. The molecule has 5 heteroatoms. The molecular weight excluding hydrogens is 230 g/mol. The SMILES string of the molecule is CCOC(=O)c1cn(CC2CCCN2CC)cn1. The third kappa shape index (κ3) is 2.90. The molecule has 100 valence electrons. The molecule has 1 unspecified atom stereocenters. The highest BCUT2D eigenvalue weighted by molar-refractivity contribution is 5.86. The molecule has 0 amide bonds. The van der Waals surface area contributed by atoms with Gasteiger partial charge in [-0.05, 0) is 32.9 Å². The van der Waals surface area contributed by atoms with Gasteiger partial charge in [-0.2, -0.15) is 0 Å². The van der Waals surface area contributed by atoms with Crippen LogP contribution in [0.25, 0.3) is 0 Å². The molecular formula is C13H21N3O2. The van der Waals surface area contributed by atoms with E-state index in [0.29, 0.717) is 18.3 Å². The lowest BCUT2D eigenvalue weighted by molar-refractivity contribution is 0.0520. The number of hydrogen-bond donors (Lipinski definition) is 0. The fraction of sp³-hybridized carbons (Fsp3) is 0.692. The van der Waals surface area contributed by atoms with E-state index in [2.05, 4.69) is 16.8 Å². The summed E-state index contributed by atoms with van der Waals surface area (Å²) in [5.41, 5.74) is 0.401. The average molecular weight is 251 g/mol. The molecule has 1 atom stereocenters. The van der Waals surface area contributed by atoms with Crippen molar-refractivity contribution in [3.05, 3.63) is 18.2 Å². The van der Waals surface area contributed by atoms with Gasteiger partial charge in [0.2, 0.25) is 0 Å². The van der Waals surface area contributed by atoms with Crippen LogP contribution >= 0.6 is 0 Å². The molecule has 0 aliphatic carbocycles. The van der Waals surface area contributed by atoms with Gasteiger partial charge in [0, 0.05) is 18.8 Å². The molecule has 0 saturated carbocycles. The lowest BCUT2D eigenvalue weighted by atomic mass is 10.2. The largest absolute Gasteiger partial charge is 0.461 e. The van der Waals surface area contributed by atoms with Gasteiger partial charge >= 0.3 is 5.97 Å². The highest BCUT2D eigenvalue weighted by Gasteiger charge is 2.23. The first kappa shape index (κ1) is 13.1. The van der Waals surface area contributed by atoms with Crippen molar-refractivity contribution in [3.8, 4) is 0 Å². The second-order valence-electron chi connectivity index (χ2n) is 4.60. The fourth-order valence-corrected chi connectivity index (χ4v) is 2.53. The van der Waals surface area contributed by atoms with Crippen LogP contribution in [-0.4, -0.2) is 46.2 Å². The molecule has 18 heavy (non-hydrogen) atoms. The fourth-order valence-electron chi connectivity index (χ4n) is 2.53. The van der Waals surface area contributed by atoms with Crippen molar-refractivity contribution in [3.63, 3.8) is 0 Å². The van der Waals surface area contributed by atoms with Gasteiger partial charge < -0.3 is 9.30 Å². The Morgan fingerprint density at radius 2 is 2.39 bits per heavy atom. The van der Waals surface area contributed by atoms with E-state index in [-0.39, 0.29) is 5.97 Å². The molecule has 1 fully saturated rings. The highest BCUT2D eigenvalue weighted by Crippen LogP contribution is 2.18. The molecule has 5 nitrogen and oxygen atoms in total. The first-order valence-electron chi connectivity index (χ1n) is 6.67. The number of likely N-dealkylation sites (tertiary alicyclic amines) is 1. The number of imidazole rings is 1. The van der Waals surface area contributed by atoms with Gasteiger partial charge in [0.15, 0.2) is 5.69 Å². The van der Waals surface area contributed by atoms with E-state index in [1.165, 1.54) is 19.4 Å². The van der Waals surface area contributed by atoms with Crippen molar-refractivity contribution in [1.82, 2.24) is 14.5 Å². The van der Waals surface area contributed by atoms with Gasteiger partial charge in [-0.3, -0.25) is 4.90 Å². The molecule has 1 saturated heterocycles. The van der Waals surface area contributed by atoms with E-state index in [9.17, 15) is 4.79 Å². The molecule has 1 aliphatic rings. The zero-order valence-electron chi connectivity index (χ0n) is 11.1. The van der Waals surface area contributed by atoms with Crippen molar-refractivity contribution in [2.75, 3.05) is 19.7 Å². The number of ether oxygens (including phenoxy) is 1. The minimum atomic E-state index is -0.338. The summed E-state index contributed by atoms with van der Waals surface area (Å²) < 4.78 is 6.92. The summed E-state index contributed by atoms with van der Waals surface area (Å²) >= 11 is 0. The Labute approximate surface area is 108 Å². The summed E-state index contributed by atoms with van der Waals surface area (Å²) in [6, 6.07) is 0.569. The first-order chi connectivity index (χ1) is 8.74. The van der Waals surface area contributed by atoms with Crippen LogP contribution in [0.4, 0.5) is 0 Å². The summed E-state index contributed by atoms with van der Waals surface area (Å²) in [6.45, 7) is 7.55. The summed E-state index contributed by atoms with van der Waals surface area (Å²) in [4.78, 5) is 18.1. The van der Waals surface area contributed by atoms with Crippen LogP contribution in [0.3, 0.4) is 0 Å². The minimum absolute atomic E-state index is 0.338. The van der Waals surface area contributed by atoms with E-state index < -0.39 is 0 Å². The monoisotopic (exact) mass is 251 g/mol. The maximum atomic E-state index is 11.5. The van der Waals surface area contributed by atoms with Gasteiger partial charge in [-0.15, -0.1) is 0 Å². The van der Waals surface area contributed by atoms with E-state index >= 15 is 0 Å². The van der Waals surface area contributed by atoms with Crippen LogP contribution in [0, 0.1) is 0 Å². The lowest BCUT2D eigenvalue weighted by Crippen LogP contribution is -2.32. The summed E-state index contributed by atoms with van der Waals surface area (Å²) in [5.74, 6) is -0.338. The predicted octanol–water partition coefficient (Wildman–Crippen LogP) is 1.54. The number of rotatable bonds is 5. The van der Waals surface area contributed by atoms with Crippen LogP contribution in [0.5, 0.6) is 0 Å².